The van der Waals surface area contributed by atoms with Gasteiger partial charge < -0.3 is 10.6 Å². The predicted molar refractivity (Wildman–Crippen MR) is 65.9 cm³/mol. The van der Waals surface area contributed by atoms with Gasteiger partial charge in [-0.05, 0) is 12.1 Å². The topological polar surface area (TPSA) is 65.0 Å². The summed E-state index contributed by atoms with van der Waals surface area (Å²) in [6, 6.07) is 8.42. The van der Waals surface area contributed by atoms with Crippen molar-refractivity contribution in [2.45, 2.75) is 6.43 Å². The molecular formula is C12H13F2N3O. The van der Waals surface area contributed by atoms with Gasteiger partial charge >= 0.3 is 0 Å². The Morgan fingerprint density at radius 2 is 1.94 bits per heavy atom. The van der Waals surface area contributed by atoms with E-state index in [-0.39, 0.29) is 0 Å². The van der Waals surface area contributed by atoms with Crippen molar-refractivity contribution in [3.8, 4) is 0 Å². The molecule has 0 aliphatic carbocycles. The molecule has 1 aromatic rings. The average molecular weight is 253 g/mol. The summed E-state index contributed by atoms with van der Waals surface area (Å²) in [7, 11) is 1.47. The van der Waals surface area contributed by atoms with Crippen LogP contribution in [0.2, 0.25) is 0 Å². The maximum atomic E-state index is 12.4. The lowest BCUT2D eigenvalue weighted by molar-refractivity contribution is -0.112. The molecule has 0 radical (unpaired) electrons. The number of nitrogens with one attached hydrogen (secondary N) is 3. The zero-order valence-corrected chi connectivity index (χ0v) is 9.71. The van der Waals surface area contributed by atoms with Crippen molar-refractivity contribution in [2.24, 2.45) is 0 Å². The third-order valence-corrected chi connectivity index (χ3v) is 2.07. The van der Waals surface area contributed by atoms with Crippen LogP contribution in [0, 0.1) is 5.41 Å². The molecule has 0 aliphatic heterocycles. The van der Waals surface area contributed by atoms with E-state index in [1.54, 1.807) is 30.3 Å². The molecular weight excluding hydrogens is 240 g/mol. The summed E-state index contributed by atoms with van der Waals surface area (Å²) in [6.07, 6.45) is -1.92. The summed E-state index contributed by atoms with van der Waals surface area (Å²) in [4.78, 5) is 11.8. The molecule has 4 nitrogen and oxygen atoms in total. The van der Waals surface area contributed by atoms with Gasteiger partial charge in [0.2, 0.25) is 0 Å². The van der Waals surface area contributed by atoms with Crippen molar-refractivity contribution in [3.63, 3.8) is 0 Å². The molecule has 0 fully saturated rings. The summed E-state index contributed by atoms with van der Waals surface area (Å²) in [6.45, 7) is 0. The molecule has 1 rings (SSSR count). The number of hydrogen-bond donors (Lipinski definition) is 3. The van der Waals surface area contributed by atoms with Crippen LogP contribution in [0.1, 0.15) is 0 Å². The van der Waals surface area contributed by atoms with Crippen LogP contribution in [0.4, 0.5) is 14.5 Å². The van der Waals surface area contributed by atoms with E-state index in [0.29, 0.717) is 5.69 Å². The van der Waals surface area contributed by atoms with Crippen LogP contribution < -0.4 is 10.6 Å². The number of carbonyl (C=O) groups is 1. The summed E-state index contributed by atoms with van der Waals surface area (Å²) < 4.78 is 24.9. The third-order valence-electron chi connectivity index (χ3n) is 2.07. The Morgan fingerprint density at radius 1 is 1.33 bits per heavy atom. The van der Waals surface area contributed by atoms with Crippen LogP contribution in [0.5, 0.6) is 0 Å². The number of halogens is 2. The number of anilines is 1. The van der Waals surface area contributed by atoms with Crippen molar-refractivity contribution in [1.82, 2.24) is 5.32 Å². The van der Waals surface area contributed by atoms with Gasteiger partial charge in [0.05, 0.1) is 5.57 Å². The van der Waals surface area contributed by atoms with Crippen molar-refractivity contribution < 1.29 is 13.6 Å². The lowest BCUT2D eigenvalue weighted by atomic mass is 10.1. The van der Waals surface area contributed by atoms with Gasteiger partial charge in [-0.1, -0.05) is 18.2 Å². The van der Waals surface area contributed by atoms with Crippen molar-refractivity contribution in [2.75, 3.05) is 12.4 Å². The molecule has 96 valence electrons. The minimum Gasteiger partial charge on any atom is -0.393 e. The van der Waals surface area contributed by atoms with Gasteiger partial charge in [0, 0.05) is 18.9 Å². The van der Waals surface area contributed by atoms with Gasteiger partial charge in [0.15, 0.2) is 0 Å². The Labute approximate surface area is 103 Å². The minimum atomic E-state index is -2.99. The molecule has 0 saturated heterocycles. The summed E-state index contributed by atoms with van der Waals surface area (Å²) >= 11 is 0. The highest BCUT2D eigenvalue weighted by atomic mass is 19.3. The maximum absolute atomic E-state index is 12.4. The molecule has 1 amide bonds. The minimum absolute atomic E-state index is 0.392. The van der Waals surface area contributed by atoms with Gasteiger partial charge in [0.25, 0.3) is 12.3 Å². The number of amides is 1. The highest BCUT2D eigenvalue weighted by Crippen LogP contribution is 2.10. The van der Waals surface area contributed by atoms with E-state index in [1.165, 1.54) is 7.05 Å². The molecule has 0 aromatic heterocycles. The van der Waals surface area contributed by atoms with E-state index in [0.717, 1.165) is 6.20 Å². The van der Waals surface area contributed by atoms with Crippen molar-refractivity contribution in [1.29, 1.82) is 5.41 Å². The lowest BCUT2D eigenvalue weighted by Gasteiger charge is -2.09. The Kier molecular flexibility index (Phi) is 4.98. The standard InChI is InChI=1S/C12H13F2N3O/c1-16-7-9(10(15)11(13)14)12(18)17-8-5-3-2-4-6-8/h2-7,11,15-16H,1H3,(H,17,18)/b9-7+,15-10?. The zero-order chi connectivity index (χ0) is 13.5. The van der Waals surface area contributed by atoms with Gasteiger partial charge in [-0.3, -0.25) is 10.2 Å². The van der Waals surface area contributed by atoms with Gasteiger partial charge in [0.1, 0.15) is 5.71 Å². The van der Waals surface area contributed by atoms with Crippen LogP contribution in [0.3, 0.4) is 0 Å². The summed E-state index contributed by atoms with van der Waals surface area (Å²) in [5.41, 5.74) is -0.930. The number of para-hydroxylation sites is 1. The largest absolute Gasteiger partial charge is 0.393 e. The zero-order valence-electron chi connectivity index (χ0n) is 9.71. The van der Waals surface area contributed by atoms with E-state index in [9.17, 15) is 13.6 Å². The monoisotopic (exact) mass is 253 g/mol. The van der Waals surface area contributed by atoms with Crippen molar-refractivity contribution >= 4 is 17.3 Å². The second-order valence-corrected chi connectivity index (χ2v) is 3.38. The van der Waals surface area contributed by atoms with Gasteiger partial charge in [-0.25, -0.2) is 8.78 Å². The average Bonchev–Trinajstić information content (AvgIpc) is 2.36. The van der Waals surface area contributed by atoms with Crippen LogP contribution in [0.15, 0.2) is 42.1 Å². The van der Waals surface area contributed by atoms with Gasteiger partial charge in [-0.2, -0.15) is 0 Å². The Morgan fingerprint density at radius 3 is 2.44 bits per heavy atom. The highest BCUT2D eigenvalue weighted by Gasteiger charge is 2.22. The Balaban J connectivity index is 2.85. The van der Waals surface area contributed by atoms with Crippen LogP contribution in [-0.4, -0.2) is 25.1 Å². The van der Waals surface area contributed by atoms with E-state index < -0.39 is 23.6 Å². The quantitative estimate of drug-likeness (QED) is 0.555. The molecule has 18 heavy (non-hydrogen) atoms. The molecule has 0 saturated carbocycles. The number of rotatable bonds is 5. The lowest BCUT2D eigenvalue weighted by Crippen LogP contribution is -2.25. The normalized spacial score (nSPS) is 11.2. The number of carbonyl (C=O) groups excluding carboxylic acids is 1. The first-order valence-electron chi connectivity index (χ1n) is 5.17. The SMILES string of the molecule is CN/C=C(\C(=N)C(F)F)C(=O)Nc1ccccc1. The van der Waals surface area contributed by atoms with E-state index >= 15 is 0 Å². The molecule has 6 heteroatoms. The number of hydrogen-bond acceptors (Lipinski definition) is 3. The molecule has 0 spiro atoms. The molecule has 0 aliphatic rings. The number of alkyl halides is 2. The first-order chi connectivity index (χ1) is 8.56. The number of benzene rings is 1. The Hall–Kier alpha value is -2.24. The predicted octanol–water partition coefficient (Wildman–Crippen LogP) is 2.01. The fourth-order valence-electron chi connectivity index (χ4n) is 1.25. The van der Waals surface area contributed by atoms with E-state index in [1.807, 2.05) is 0 Å². The summed E-state index contributed by atoms with van der Waals surface area (Å²) in [5.74, 6) is -0.749. The highest BCUT2D eigenvalue weighted by molar-refractivity contribution is 6.25. The molecule has 1 aromatic carbocycles. The summed E-state index contributed by atoms with van der Waals surface area (Å²) in [5, 5.41) is 12.1. The fraction of sp³-hybridized carbons (Fsp3) is 0.167. The molecule has 0 unspecified atom stereocenters. The molecule has 0 heterocycles. The molecule has 0 bridgehead atoms. The first kappa shape index (κ1) is 13.8. The maximum Gasteiger partial charge on any atom is 0.280 e. The van der Waals surface area contributed by atoms with E-state index in [4.69, 9.17) is 5.41 Å². The van der Waals surface area contributed by atoms with Crippen LogP contribution >= 0.6 is 0 Å². The second-order valence-electron chi connectivity index (χ2n) is 3.38. The van der Waals surface area contributed by atoms with Crippen molar-refractivity contribution in [3.05, 3.63) is 42.1 Å². The second kappa shape index (κ2) is 6.48. The molecule has 0 atom stereocenters. The fourth-order valence-corrected chi connectivity index (χ4v) is 1.25. The smallest absolute Gasteiger partial charge is 0.280 e. The van der Waals surface area contributed by atoms with Crippen LogP contribution in [0.25, 0.3) is 0 Å². The third kappa shape index (κ3) is 3.65. The van der Waals surface area contributed by atoms with Gasteiger partial charge in [-0.15, -0.1) is 0 Å². The Bertz CT molecular complexity index is 458. The van der Waals surface area contributed by atoms with Crippen LogP contribution in [-0.2, 0) is 4.79 Å². The first-order valence-corrected chi connectivity index (χ1v) is 5.17. The molecule has 3 N–H and O–H groups in total. The van der Waals surface area contributed by atoms with E-state index in [2.05, 4.69) is 10.6 Å².